The van der Waals surface area contributed by atoms with E-state index in [1.165, 1.54) is 68.8 Å². The van der Waals surface area contributed by atoms with Gasteiger partial charge in [0.1, 0.15) is 0 Å². The molecule has 0 amide bonds. The molecule has 0 aliphatic carbocycles. The Kier molecular flexibility index (Phi) is 8.97. The van der Waals surface area contributed by atoms with Gasteiger partial charge in [0.15, 0.2) is 0 Å². The fourth-order valence-electron chi connectivity index (χ4n) is 9.30. The smallest absolute Gasteiger partial charge is 0.0645 e. The van der Waals surface area contributed by atoms with Crippen molar-refractivity contribution in [3.8, 4) is 33.4 Å². The average Bonchev–Trinajstić information content (AvgIpc) is 3.93. The number of fused-ring (bicyclic) bond motifs is 7. The summed E-state index contributed by atoms with van der Waals surface area (Å²) < 4.78 is 5.22. The first-order valence-corrected chi connectivity index (χ1v) is 22.7. The highest BCUT2D eigenvalue weighted by molar-refractivity contribution is 7.26. The highest BCUT2D eigenvalue weighted by atomic mass is 32.1. The molecule has 2 aromatic heterocycles. The number of benzene rings is 8. The van der Waals surface area contributed by atoms with Crippen molar-refractivity contribution in [1.82, 2.24) is 5.32 Å². The molecule has 11 aromatic rings. The summed E-state index contributed by atoms with van der Waals surface area (Å²) in [4.78, 5) is 0. The predicted molar refractivity (Wildman–Crippen MR) is 270 cm³/mol. The van der Waals surface area contributed by atoms with Crippen LogP contribution in [0.5, 0.6) is 0 Å². The molecule has 0 radical (unpaired) electrons. The lowest BCUT2D eigenvalue weighted by Gasteiger charge is -2.28. The monoisotopic (exact) mass is 836 g/mol. The molecule has 2 N–H and O–H groups in total. The molecule has 0 spiro atoms. The molecule has 12 rings (SSSR count). The molecule has 3 heterocycles. The Morgan fingerprint density at radius 2 is 1.00 bits per heavy atom. The van der Waals surface area contributed by atoms with E-state index in [1.807, 2.05) is 65.1 Å². The first-order valence-electron chi connectivity index (χ1n) is 21.1. The number of thiophene rings is 2. The SMILES string of the molecule is N=C/C(=C1\NC(c2ccccc2)=C(c2ccc(-c3cc(-c4cccc5c4sc4ccccc45)cc(-c4cccc5c4sc4ccccc45)c3)cc2)c2ccc#cc21)c1ccccc1. The molecule has 63 heavy (non-hydrogen) atoms. The zero-order chi connectivity index (χ0) is 41.9. The summed E-state index contributed by atoms with van der Waals surface area (Å²) in [7, 11) is 0. The van der Waals surface area contributed by atoms with Gasteiger partial charge in [0.05, 0.1) is 17.0 Å². The van der Waals surface area contributed by atoms with Crippen LogP contribution in [-0.2, 0) is 0 Å². The molecule has 0 saturated carbocycles. The molecule has 294 valence electrons. The minimum absolute atomic E-state index is 0.795. The van der Waals surface area contributed by atoms with Crippen molar-refractivity contribution < 1.29 is 0 Å². The van der Waals surface area contributed by atoms with Crippen molar-refractivity contribution in [2.75, 3.05) is 0 Å². The summed E-state index contributed by atoms with van der Waals surface area (Å²) in [6.07, 6.45) is 1.44. The maximum absolute atomic E-state index is 8.57. The summed E-state index contributed by atoms with van der Waals surface area (Å²) in [5.41, 5.74) is 16.0. The van der Waals surface area contributed by atoms with Crippen LogP contribution in [0.2, 0.25) is 0 Å². The van der Waals surface area contributed by atoms with Crippen molar-refractivity contribution in [3.05, 3.63) is 240 Å². The summed E-state index contributed by atoms with van der Waals surface area (Å²) >= 11 is 3.75. The summed E-state index contributed by atoms with van der Waals surface area (Å²) in [5, 5.41) is 17.6. The molecular weight excluding hydrogens is 801 g/mol. The first kappa shape index (κ1) is 37.0. The highest BCUT2D eigenvalue weighted by Crippen LogP contribution is 2.46. The molecule has 1 aliphatic heterocycles. The van der Waals surface area contributed by atoms with Gasteiger partial charge >= 0.3 is 0 Å². The van der Waals surface area contributed by atoms with Crippen molar-refractivity contribution >= 4 is 91.8 Å². The van der Waals surface area contributed by atoms with Gasteiger partial charge in [-0.2, -0.15) is 0 Å². The van der Waals surface area contributed by atoms with Gasteiger partial charge in [-0.15, -0.1) is 22.7 Å². The van der Waals surface area contributed by atoms with Gasteiger partial charge in [0, 0.05) is 63.3 Å². The van der Waals surface area contributed by atoms with Crippen LogP contribution in [0.4, 0.5) is 0 Å². The van der Waals surface area contributed by atoms with Gasteiger partial charge in [-0.1, -0.05) is 170 Å². The Morgan fingerprint density at radius 1 is 0.460 bits per heavy atom. The summed E-state index contributed by atoms with van der Waals surface area (Å²) in [6, 6.07) is 78.5. The van der Waals surface area contributed by atoms with Crippen LogP contribution >= 0.6 is 22.7 Å². The summed E-state index contributed by atoms with van der Waals surface area (Å²) in [5.74, 6) is 0. The number of allylic oxidation sites excluding steroid dienone is 1. The third-order valence-electron chi connectivity index (χ3n) is 12.3. The van der Waals surface area contributed by atoms with Gasteiger partial charge < -0.3 is 10.7 Å². The Morgan fingerprint density at radius 3 is 1.62 bits per heavy atom. The van der Waals surface area contributed by atoms with Crippen LogP contribution in [0.3, 0.4) is 0 Å². The van der Waals surface area contributed by atoms with Crippen LogP contribution in [0, 0.1) is 17.5 Å². The van der Waals surface area contributed by atoms with E-state index in [1.54, 1.807) is 0 Å². The van der Waals surface area contributed by atoms with Crippen molar-refractivity contribution in [2.45, 2.75) is 0 Å². The number of hydrogen-bond acceptors (Lipinski definition) is 4. The van der Waals surface area contributed by atoms with Gasteiger partial charge in [-0.25, -0.2) is 0 Å². The molecule has 0 bridgehead atoms. The van der Waals surface area contributed by atoms with E-state index in [2.05, 4.69) is 175 Å². The standard InChI is InChI=1S/C59H36N2S2/c60-36-52(38-15-3-1-4-16-38)57-49-22-8-7-21-48(49)55(56(61-57)40-17-5-2-6-18-40)39-31-29-37(30-32-39)41-33-42(44-23-13-25-50-46-19-9-11-27-53(46)62-58(44)50)35-43(34-41)45-24-14-26-51-47-20-10-12-28-54(47)63-59(45)51/h1-7,9-21,23-36,60-61H/b57-52+,60-36?. The van der Waals surface area contributed by atoms with Crippen LogP contribution in [0.15, 0.2) is 200 Å². The largest absolute Gasteiger partial charge is 0.353 e. The third-order valence-corrected chi connectivity index (χ3v) is 14.7. The molecule has 1 aliphatic rings. The van der Waals surface area contributed by atoms with Crippen molar-refractivity contribution in [3.63, 3.8) is 0 Å². The zero-order valence-corrected chi connectivity index (χ0v) is 35.6. The maximum Gasteiger partial charge on any atom is 0.0645 e. The highest BCUT2D eigenvalue weighted by Gasteiger charge is 2.27. The van der Waals surface area contributed by atoms with Gasteiger partial charge in [0.2, 0.25) is 0 Å². The lowest BCUT2D eigenvalue weighted by atomic mass is 9.84. The minimum atomic E-state index is 0.795. The molecule has 0 unspecified atom stereocenters. The van der Waals surface area contributed by atoms with E-state index >= 15 is 0 Å². The van der Waals surface area contributed by atoms with Crippen molar-refractivity contribution in [2.24, 2.45) is 0 Å². The Hall–Kier alpha value is -7.81. The number of rotatable bonds is 7. The maximum atomic E-state index is 8.57. The van der Waals surface area contributed by atoms with E-state index in [9.17, 15) is 0 Å². The van der Waals surface area contributed by atoms with E-state index in [0.29, 0.717) is 0 Å². The molecule has 0 fully saturated rings. The second-order valence-corrected chi connectivity index (χ2v) is 18.0. The fraction of sp³-hybridized carbons (Fsp3) is 0. The fourth-order valence-corrected chi connectivity index (χ4v) is 11.8. The number of nitrogens with one attached hydrogen (secondary N) is 2. The molecule has 2 nitrogen and oxygen atoms in total. The Balaban J connectivity index is 1.04. The minimum Gasteiger partial charge on any atom is -0.353 e. The van der Waals surface area contributed by atoms with E-state index < -0.39 is 0 Å². The van der Waals surface area contributed by atoms with E-state index in [-0.39, 0.29) is 0 Å². The van der Waals surface area contributed by atoms with E-state index in [0.717, 1.165) is 61.5 Å². The molecule has 4 heteroatoms. The predicted octanol–water partition coefficient (Wildman–Crippen LogP) is 16.1. The topological polar surface area (TPSA) is 35.9 Å². The molecule has 0 saturated heterocycles. The molecule has 9 aromatic carbocycles. The second kappa shape index (κ2) is 15.3. The number of hydrogen-bond donors (Lipinski definition) is 2. The van der Waals surface area contributed by atoms with E-state index in [4.69, 9.17) is 5.41 Å². The summed E-state index contributed by atoms with van der Waals surface area (Å²) in [6.45, 7) is 0. The van der Waals surface area contributed by atoms with Gasteiger partial charge in [-0.3, -0.25) is 0 Å². The van der Waals surface area contributed by atoms with Crippen LogP contribution < -0.4 is 5.32 Å². The van der Waals surface area contributed by atoms with Crippen LogP contribution in [0.25, 0.3) is 96.3 Å². The Labute approximate surface area is 373 Å². The average molecular weight is 837 g/mol. The van der Waals surface area contributed by atoms with Crippen molar-refractivity contribution in [1.29, 1.82) is 5.41 Å². The van der Waals surface area contributed by atoms with Gasteiger partial charge in [-0.05, 0) is 92.5 Å². The second-order valence-electron chi connectivity index (χ2n) is 15.9. The zero-order valence-electron chi connectivity index (χ0n) is 33.9. The quantitative estimate of drug-likeness (QED) is 0.154. The molecule has 0 atom stereocenters. The van der Waals surface area contributed by atoms with Gasteiger partial charge in [0.25, 0.3) is 0 Å². The Bertz CT molecular complexity index is 3510. The lowest BCUT2D eigenvalue weighted by Crippen LogP contribution is -2.21. The van der Waals surface area contributed by atoms with Crippen LogP contribution in [-0.4, -0.2) is 6.21 Å². The lowest BCUT2D eigenvalue weighted by molar-refractivity contribution is 1.21. The first-order chi connectivity index (χ1) is 31.2. The van der Waals surface area contributed by atoms with Crippen LogP contribution in [0.1, 0.15) is 27.8 Å². The molecular formula is C59H36N2S2. The third kappa shape index (κ3) is 6.29. The normalized spacial score (nSPS) is 13.3.